The molecule has 0 radical (unpaired) electrons. The Balaban J connectivity index is 0.00000304. The van der Waals surface area contributed by atoms with E-state index in [1.54, 1.807) is 4.90 Å². The summed E-state index contributed by atoms with van der Waals surface area (Å²) in [7, 11) is 4.08. The van der Waals surface area contributed by atoms with Gasteiger partial charge in [0, 0.05) is 24.2 Å². The second-order valence-corrected chi connectivity index (χ2v) is 9.94. The van der Waals surface area contributed by atoms with E-state index in [-0.39, 0.29) is 18.3 Å². The van der Waals surface area contributed by atoms with E-state index < -0.39 is 0 Å². The third kappa shape index (κ3) is 5.98. The molecule has 36 heavy (non-hydrogen) atoms. The second kappa shape index (κ2) is 11.7. The molecule has 1 aliphatic rings. The van der Waals surface area contributed by atoms with Crippen LogP contribution in [-0.2, 0) is 6.42 Å². The SMILES string of the molecule is CN(C)CCCN(C(=O)c1ccc(Cc2ccccc2)cc1)c1nc2cc3c(cc2s1)OCCO3.Cl. The Morgan fingerprint density at radius 3 is 2.28 bits per heavy atom. The van der Waals surface area contributed by atoms with Crippen molar-refractivity contribution in [1.29, 1.82) is 0 Å². The van der Waals surface area contributed by atoms with Crippen molar-refractivity contribution in [3.05, 3.63) is 83.4 Å². The number of aromatic nitrogens is 1. The predicted molar refractivity (Wildman–Crippen MR) is 148 cm³/mol. The molecule has 0 atom stereocenters. The number of anilines is 1. The van der Waals surface area contributed by atoms with E-state index in [1.807, 2.05) is 68.7 Å². The van der Waals surface area contributed by atoms with Gasteiger partial charge in [-0.3, -0.25) is 9.69 Å². The summed E-state index contributed by atoms with van der Waals surface area (Å²) >= 11 is 1.51. The first-order valence-electron chi connectivity index (χ1n) is 11.9. The lowest BCUT2D eigenvalue weighted by Gasteiger charge is -2.21. The van der Waals surface area contributed by atoms with Crippen molar-refractivity contribution in [2.45, 2.75) is 12.8 Å². The highest BCUT2D eigenvalue weighted by Gasteiger charge is 2.23. The van der Waals surface area contributed by atoms with E-state index in [0.717, 1.165) is 35.4 Å². The maximum absolute atomic E-state index is 13.7. The minimum absolute atomic E-state index is 0. The van der Waals surface area contributed by atoms with Gasteiger partial charge in [-0.2, -0.15) is 0 Å². The zero-order valence-corrected chi connectivity index (χ0v) is 22.1. The number of fused-ring (bicyclic) bond motifs is 2. The summed E-state index contributed by atoms with van der Waals surface area (Å²) in [6.07, 6.45) is 1.69. The average molecular weight is 524 g/mol. The van der Waals surface area contributed by atoms with E-state index in [1.165, 1.54) is 22.5 Å². The maximum Gasteiger partial charge on any atom is 0.260 e. The van der Waals surface area contributed by atoms with Gasteiger partial charge in [-0.15, -0.1) is 12.4 Å². The van der Waals surface area contributed by atoms with Gasteiger partial charge in [0.25, 0.3) is 5.91 Å². The lowest BCUT2D eigenvalue weighted by atomic mass is 10.0. The first kappa shape index (κ1) is 25.9. The van der Waals surface area contributed by atoms with Crippen LogP contribution in [0.1, 0.15) is 27.9 Å². The standard InChI is InChI=1S/C28H29N3O3S.ClH/c1-30(2)13-6-14-31(28-29-23-18-24-25(19-26(23)35-28)34-16-15-33-24)27(32)22-11-9-21(10-12-22)17-20-7-4-3-5-8-20;/h3-5,7-12,18-19H,6,13-17H2,1-2H3;1H. The van der Waals surface area contributed by atoms with Crippen LogP contribution in [-0.4, -0.2) is 56.2 Å². The first-order chi connectivity index (χ1) is 17.1. The molecule has 8 heteroatoms. The summed E-state index contributed by atoms with van der Waals surface area (Å²) in [6.45, 7) is 2.56. The van der Waals surface area contributed by atoms with Gasteiger partial charge in [0.05, 0.1) is 10.2 Å². The van der Waals surface area contributed by atoms with Crippen molar-refractivity contribution in [1.82, 2.24) is 9.88 Å². The normalized spacial score (nSPS) is 12.4. The minimum atomic E-state index is -0.0358. The summed E-state index contributed by atoms with van der Waals surface area (Å²) in [4.78, 5) is 22.4. The Kier molecular flexibility index (Phi) is 8.46. The zero-order chi connectivity index (χ0) is 24.2. The number of halogens is 1. The van der Waals surface area contributed by atoms with Crippen LogP contribution in [0, 0.1) is 0 Å². The van der Waals surface area contributed by atoms with Crippen molar-refractivity contribution < 1.29 is 14.3 Å². The van der Waals surface area contributed by atoms with Crippen LogP contribution in [0.3, 0.4) is 0 Å². The third-order valence-corrected chi connectivity index (χ3v) is 7.00. The summed E-state index contributed by atoms with van der Waals surface area (Å²) < 4.78 is 12.4. The van der Waals surface area contributed by atoms with Crippen molar-refractivity contribution in [3.63, 3.8) is 0 Å². The zero-order valence-electron chi connectivity index (χ0n) is 20.5. The molecule has 0 spiro atoms. The number of carbonyl (C=O) groups is 1. The molecule has 0 N–H and O–H groups in total. The van der Waals surface area contributed by atoms with E-state index in [4.69, 9.17) is 14.5 Å². The quantitative estimate of drug-likeness (QED) is 0.297. The van der Waals surface area contributed by atoms with Crippen LogP contribution < -0.4 is 14.4 Å². The molecule has 1 aliphatic heterocycles. The number of ether oxygens (including phenoxy) is 2. The molecule has 0 saturated carbocycles. The number of hydrogen-bond donors (Lipinski definition) is 0. The van der Waals surface area contributed by atoms with Gasteiger partial charge in [-0.05, 0) is 56.7 Å². The molecule has 188 valence electrons. The van der Waals surface area contributed by atoms with Gasteiger partial charge in [-0.25, -0.2) is 4.98 Å². The molecule has 6 nitrogen and oxygen atoms in total. The first-order valence-corrected chi connectivity index (χ1v) is 12.7. The highest BCUT2D eigenvalue weighted by molar-refractivity contribution is 7.22. The van der Waals surface area contributed by atoms with Gasteiger partial charge >= 0.3 is 0 Å². The Bertz CT molecular complexity index is 1270. The molecule has 4 aromatic rings. The van der Waals surface area contributed by atoms with Gasteiger partial charge < -0.3 is 14.4 Å². The number of benzene rings is 3. The lowest BCUT2D eigenvalue weighted by Crippen LogP contribution is -2.33. The molecular formula is C28H30ClN3O3S. The number of carbonyl (C=O) groups excluding carboxylic acids is 1. The number of hydrogen-bond acceptors (Lipinski definition) is 6. The van der Waals surface area contributed by atoms with E-state index in [2.05, 4.69) is 17.0 Å². The summed E-state index contributed by atoms with van der Waals surface area (Å²) in [5.74, 6) is 1.41. The van der Waals surface area contributed by atoms with Gasteiger partial charge in [-0.1, -0.05) is 53.8 Å². The highest BCUT2D eigenvalue weighted by atomic mass is 35.5. The lowest BCUT2D eigenvalue weighted by molar-refractivity contribution is 0.0986. The van der Waals surface area contributed by atoms with Crippen molar-refractivity contribution in [3.8, 4) is 11.5 Å². The molecule has 0 fully saturated rings. The van der Waals surface area contributed by atoms with Crippen LogP contribution in [0.15, 0.2) is 66.7 Å². The van der Waals surface area contributed by atoms with Crippen LogP contribution >= 0.6 is 23.7 Å². The fourth-order valence-electron chi connectivity index (χ4n) is 4.15. The van der Waals surface area contributed by atoms with Crippen molar-refractivity contribution in [2.75, 3.05) is 45.3 Å². The number of rotatable bonds is 8. The predicted octanol–water partition coefficient (Wildman–Crippen LogP) is 5.68. The van der Waals surface area contributed by atoms with E-state index >= 15 is 0 Å². The fourth-order valence-corrected chi connectivity index (χ4v) is 5.15. The molecule has 0 saturated heterocycles. The molecule has 0 unspecified atom stereocenters. The molecular weight excluding hydrogens is 494 g/mol. The van der Waals surface area contributed by atoms with Crippen molar-refractivity contribution in [2.24, 2.45) is 0 Å². The summed E-state index contributed by atoms with van der Waals surface area (Å²) in [6, 6.07) is 22.2. The molecule has 0 aliphatic carbocycles. The smallest absolute Gasteiger partial charge is 0.260 e. The Labute approximate surface area is 221 Å². The number of amides is 1. The van der Waals surface area contributed by atoms with Crippen LogP contribution in [0.25, 0.3) is 10.2 Å². The third-order valence-electron chi connectivity index (χ3n) is 5.96. The number of thiazole rings is 1. The van der Waals surface area contributed by atoms with Crippen LogP contribution in [0.4, 0.5) is 5.13 Å². The maximum atomic E-state index is 13.7. The molecule has 1 aromatic heterocycles. The monoisotopic (exact) mass is 523 g/mol. The number of nitrogens with zero attached hydrogens (tertiary/aromatic N) is 3. The fraction of sp³-hybridized carbons (Fsp3) is 0.286. The second-order valence-electron chi connectivity index (χ2n) is 8.93. The van der Waals surface area contributed by atoms with E-state index in [0.29, 0.717) is 36.2 Å². The topological polar surface area (TPSA) is 54.9 Å². The van der Waals surface area contributed by atoms with Gasteiger partial charge in [0.2, 0.25) is 0 Å². The molecule has 0 bridgehead atoms. The van der Waals surface area contributed by atoms with Crippen LogP contribution in [0.5, 0.6) is 11.5 Å². The Morgan fingerprint density at radius 2 is 1.58 bits per heavy atom. The molecule has 5 rings (SSSR count). The van der Waals surface area contributed by atoms with Crippen molar-refractivity contribution >= 4 is 45.0 Å². The Morgan fingerprint density at radius 1 is 0.917 bits per heavy atom. The summed E-state index contributed by atoms with van der Waals surface area (Å²) in [5.41, 5.74) is 3.91. The molecule has 2 heterocycles. The highest BCUT2D eigenvalue weighted by Crippen LogP contribution is 2.39. The molecule has 3 aromatic carbocycles. The minimum Gasteiger partial charge on any atom is -0.486 e. The van der Waals surface area contributed by atoms with E-state index in [9.17, 15) is 4.79 Å². The van der Waals surface area contributed by atoms with Gasteiger partial charge in [0.15, 0.2) is 16.6 Å². The Hall–Kier alpha value is -3.13. The van der Waals surface area contributed by atoms with Crippen LogP contribution in [0.2, 0.25) is 0 Å². The largest absolute Gasteiger partial charge is 0.486 e. The average Bonchev–Trinajstić information content (AvgIpc) is 3.28. The molecule has 1 amide bonds. The van der Waals surface area contributed by atoms with Gasteiger partial charge in [0.1, 0.15) is 13.2 Å². The summed E-state index contributed by atoms with van der Waals surface area (Å²) in [5, 5.41) is 0.694.